The zero-order valence-electron chi connectivity index (χ0n) is 22.7. The molecule has 1 N–H and O–H groups in total. The maximum absolute atomic E-state index is 11.5. The third-order valence-corrected chi connectivity index (χ3v) is 6.37. The Hall–Kier alpha value is -2.90. The lowest BCUT2D eigenvalue weighted by molar-refractivity contribution is -0.757. The minimum atomic E-state index is -0.904. The van der Waals surface area contributed by atoms with Crippen LogP contribution >= 0.6 is 0 Å². The van der Waals surface area contributed by atoms with Gasteiger partial charge in [0, 0.05) is 12.8 Å². The molecule has 1 atom stereocenters. The molecule has 0 bridgehead atoms. The van der Waals surface area contributed by atoms with Crippen LogP contribution in [-0.4, -0.2) is 36.2 Å². The maximum atomic E-state index is 11.5. The standard InChI is InChI=1S/C16H24.C13H22N2O6/c1-3-9-15(10-4-1)11-5-2-6-12-16-13-7-8-14-16;1-3-4-5-6-8-12(16)14-11(2)13(17)20-9-7-10-21-15(18)19/h1,3-4,9-10,16H,2,5-8,11-14H2;3-4,11H,5-10H2,1-2H3,(H,14,16)/b;4-3-. The summed E-state index contributed by atoms with van der Waals surface area (Å²) in [7, 11) is 0. The maximum Gasteiger partial charge on any atom is 0.328 e. The van der Waals surface area contributed by atoms with Crippen LogP contribution in [0.25, 0.3) is 0 Å². The van der Waals surface area contributed by atoms with Crippen LogP contribution in [0.5, 0.6) is 0 Å². The highest BCUT2D eigenvalue weighted by atomic mass is 16.9. The molecule has 1 aliphatic carbocycles. The predicted octanol–water partition coefficient (Wildman–Crippen LogP) is 6.36. The Morgan fingerprint density at radius 1 is 1.08 bits per heavy atom. The Balaban J connectivity index is 0.000000381. The lowest BCUT2D eigenvalue weighted by Crippen LogP contribution is -2.39. The van der Waals surface area contributed by atoms with Crippen molar-refractivity contribution in [2.24, 2.45) is 5.92 Å². The van der Waals surface area contributed by atoms with E-state index in [1.165, 1.54) is 70.3 Å². The van der Waals surface area contributed by atoms with E-state index in [9.17, 15) is 19.7 Å². The molecule has 1 aliphatic rings. The van der Waals surface area contributed by atoms with Gasteiger partial charge in [0.25, 0.3) is 5.09 Å². The average molecular weight is 519 g/mol. The lowest BCUT2D eigenvalue weighted by atomic mass is 9.98. The zero-order valence-corrected chi connectivity index (χ0v) is 22.7. The number of rotatable bonds is 17. The minimum absolute atomic E-state index is 0.00811. The molecule has 1 amide bonds. The number of carbonyl (C=O) groups excluding carboxylic acids is 2. The number of hydrogen-bond acceptors (Lipinski definition) is 6. The van der Waals surface area contributed by atoms with Crippen LogP contribution in [0.1, 0.15) is 96.5 Å². The van der Waals surface area contributed by atoms with E-state index in [0.717, 1.165) is 18.8 Å². The smallest absolute Gasteiger partial charge is 0.328 e. The SMILES string of the molecule is C/C=C\CCCC(=O)NC(C)C(=O)OCCCO[N+](=O)[O-].c1ccc(CCCCCC2CCCC2)cc1. The van der Waals surface area contributed by atoms with Gasteiger partial charge in [-0.3, -0.25) is 4.79 Å². The molecule has 0 aliphatic heterocycles. The molecule has 1 aromatic carbocycles. The van der Waals surface area contributed by atoms with Gasteiger partial charge < -0.3 is 14.9 Å². The van der Waals surface area contributed by atoms with E-state index in [1.807, 2.05) is 19.1 Å². The Kier molecular flexibility index (Phi) is 18.4. The van der Waals surface area contributed by atoms with Crippen LogP contribution in [0, 0.1) is 16.0 Å². The minimum Gasteiger partial charge on any atom is -0.464 e. The van der Waals surface area contributed by atoms with Crippen molar-refractivity contribution in [2.75, 3.05) is 13.2 Å². The number of allylic oxidation sites excluding steroid dienone is 2. The second-order valence-electron chi connectivity index (χ2n) is 9.56. The van der Waals surface area contributed by atoms with E-state index >= 15 is 0 Å². The molecular weight excluding hydrogens is 472 g/mol. The predicted molar refractivity (Wildman–Crippen MR) is 145 cm³/mol. The lowest BCUT2D eigenvalue weighted by Gasteiger charge is -2.13. The Morgan fingerprint density at radius 3 is 2.49 bits per heavy atom. The Morgan fingerprint density at radius 2 is 1.81 bits per heavy atom. The summed E-state index contributed by atoms with van der Waals surface area (Å²) in [5.41, 5.74) is 1.50. The van der Waals surface area contributed by atoms with Crippen molar-refractivity contribution in [1.82, 2.24) is 5.32 Å². The number of hydrogen-bond donors (Lipinski definition) is 1. The molecule has 0 spiro atoms. The first-order chi connectivity index (χ1) is 17.9. The van der Waals surface area contributed by atoms with Crippen molar-refractivity contribution in [3.05, 3.63) is 58.2 Å². The molecule has 0 radical (unpaired) electrons. The highest BCUT2D eigenvalue weighted by Gasteiger charge is 2.16. The summed E-state index contributed by atoms with van der Waals surface area (Å²) in [6.45, 7) is 3.31. The third kappa shape index (κ3) is 18.1. The number of aryl methyl sites for hydroxylation is 1. The number of benzene rings is 1. The van der Waals surface area contributed by atoms with Crippen molar-refractivity contribution < 1.29 is 24.3 Å². The van der Waals surface area contributed by atoms with E-state index in [0.29, 0.717) is 6.42 Å². The van der Waals surface area contributed by atoms with Gasteiger partial charge in [-0.15, -0.1) is 10.1 Å². The normalized spacial score (nSPS) is 14.0. The van der Waals surface area contributed by atoms with E-state index < -0.39 is 17.1 Å². The van der Waals surface area contributed by atoms with Crippen LogP contribution < -0.4 is 5.32 Å². The van der Waals surface area contributed by atoms with Crippen molar-refractivity contribution in [3.63, 3.8) is 0 Å². The largest absolute Gasteiger partial charge is 0.464 e. The van der Waals surface area contributed by atoms with Crippen molar-refractivity contribution in [3.8, 4) is 0 Å². The molecule has 1 aromatic rings. The molecule has 0 saturated heterocycles. The van der Waals surface area contributed by atoms with Crippen molar-refractivity contribution in [1.29, 1.82) is 0 Å². The summed E-state index contributed by atoms with van der Waals surface area (Å²) >= 11 is 0. The van der Waals surface area contributed by atoms with Crippen LogP contribution in [0.4, 0.5) is 0 Å². The van der Waals surface area contributed by atoms with Crippen LogP contribution in [0.15, 0.2) is 42.5 Å². The zero-order chi connectivity index (χ0) is 27.1. The summed E-state index contributed by atoms with van der Waals surface area (Å²) in [5, 5.41) is 11.5. The summed E-state index contributed by atoms with van der Waals surface area (Å²) in [6.07, 6.45) is 19.0. The number of unbranched alkanes of at least 4 members (excludes halogenated alkanes) is 3. The Bertz CT molecular complexity index is 778. The number of esters is 1. The number of nitrogens with zero attached hydrogens (tertiary/aromatic N) is 1. The van der Waals surface area contributed by atoms with Crippen molar-refractivity contribution in [2.45, 2.75) is 103 Å². The summed E-state index contributed by atoms with van der Waals surface area (Å²) in [5.74, 6) is 0.301. The summed E-state index contributed by atoms with van der Waals surface area (Å²) in [6, 6.07) is 10.1. The molecule has 1 saturated carbocycles. The number of amides is 1. The molecule has 0 heterocycles. The van der Waals surface area contributed by atoms with E-state index in [-0.39, 0.29) is 25.5 Å². The van der Waals surface area contributed by atoms with E-state index in [2.05, 4.69) is 40.5 Å². The van der Waals surface area contributed by atoms with Gasteiger partial charge in [-0.1, -0.05) is 87.4 Å². The van der Waals surface area contributed by atoms with Gasteiger partial charge >= 0.3 is 5.97 Å². The molecule has 1 unspecified atom stereocenters. The molecule has 208 valence electrons. The number of ether oxygens (including phenoxy) is 1. The van der Waals surface area contributed by atoms with Crippen LogP contribution in [-0.2, 0) is 25.6 Å². The van der Waals surface area contributed by atoms with Crippen molar-refractivity contribution >= 4 is 11.9 Å². The fourth-order valence-electron chi connectivity index (χ4n) is 4.30. The molecular formula is C29H46N2O6. The second kappa shape index (κ2) is 21.2. The molecule has 8 heteroatoms. The topological polar surface area (TPSA) is 108 Å². The number of nitrogens with one attached hydrogen (secondary N) is 1. The fraction of sp³-hybridized carbons (Fsp3) is 0.655. The van der Waals surface area contributed by atoms with Crippen LogP contribution in [0.3, 0.4) is 0 Å². The molecule has 37 heavy (non-hydrogen) atoms. The second-order valence-corrected chi connectivity index (χ2v) is 9.56. The first-order valence-electron chi connectivity index (χ1n) is 13.8. The molecule has 2 rings (SSSR count). The quantitative estimate of drug-likeness (QED) is 0.0845. The van der Waals surface area contributed by atoms with Gasteiger partial charge in [0.1, 0.15) is 6.04 Å². The van der Waals surface area contributed by atoms with Gasteiger partial charge in [-0.25, -0.2) is 4.79 Å². The highest BCUT2D eigenvalue weighted by Crippen LogP contribution is 2.29. The highest BCUT2D eigenvalue weighted by molar-refractivity contribution is 5.84. The third-order valence-electron chi connectivity index (χ3n) is 6.37. The molecule has 0 aromatic heterocycles. The van der Waals surface area contributed by atoms with Crippen LogP contribution in [0.2, 0.25) is 0 Å². The van der Waals surface area contributed by atoms with E-state index in [1.54, 1.807) is 0 Å². The fourth-order valence-corrected chi connectivity index (χ4v) is 4.30. The Labute approximate surface area is 222 Å². The number of carbonyl (C=O) groups is 2. The van der Waals surface area contributed by atoms with Gasteiger partial charge in [0.2, 0.25) is 5.91 Å². The van der Waals surface area contributed by atoms with Gasteiger partial charge in [-0.2, -0.15) is 0 Å². The molecule has 1 fully saturated rings. The van der Waals surface area contributed by atoms with E-state index in [4.69, 9.17) is 4.74 Å². The first kappa shape index (κ1) is 32.1. The monoisotopic (exact) mass is 518 g/mol. The van der Waals surface area contributed by atoms with Gasteiger partial charge in [-0.05, 0) is 51.0 Å². The van der Waals surface area contributed by atoms with Gasteiger partial charge in [0.05, 0.1) is 13.2 Å². The molecule has 8 nitrogen and oxygen atoms in total. The summed E-state index contributed by atoms with van der Waals surface area (Å²) in [4.78, 5) is 37.0. The summed E-state index contributed by atoms with van der Waals surface area (Å²) < 4.78 is 4.86. The average Bonchev–Trinajstić information content (AvgIpc) is 3.40. The van der Waals surface area contributed by atoms with Gasteiger partial charge in [0.15, 0.2) is 0 Å². The first-order valence-corrected chi connectivity index (χ1v) is 13.8.